The van der Waals surface area contributed by atoms with Crippen LogP contribution in [0.3, 0.4) is 0 Å². The van der Waals surface area contributed by atoms with Gasteiger partial charge in [-0.1, -0.05) is 28.1 Å². The van der Waals surface area contributed by atoms with Crippen LogP contribution in [0.25, 0.3) is 0 Å². The maximum absolute atomic E-state index is 12.4. The third-order valence-electron chi connectivity index (χ3n) is 3.81. The summed E-state index contributed by atoms with van der Waals surface area (Å²) in [5.41, 5.74) is 0.840. The molecule has 1 heterocycles. The molecule has 0 aromatic heterocycles. The van der Waals surface area contributed by atoms with Gasteiger partial charge < -0.3 is 5.32 Å². The molecular weight excluding hydrogens is 408 g/mol. The lowest BCUT2D eigenvalue weighted by Gasteiger charge is -2.14. The third-order valence-corrected chi connectivity index (χ3v) is 6.17. The van der Waals surface area contributed by atoms with Crippen LogP contribution < -0.4 is 5.32 Å². The van der Waals surface area contributed by atoms with Gasteiger partial charge in [0.05, 0.1) is 5.56 Å². The first-order chi connectivity index (χ1) is 11.9. The van der Waals surface area contributed by atoms with Crippen LogP contribution in [0.2, 0.25) is 0 Å². The number of amides is 2. The van der Waals surface area contributed by atoms with Crippen LogP contribution in [0.15, 0.2) is 57.9 Å². The largest absolute Gasteiger partial charge is 0.326 e. The number of nitrogens with zero attached hydrogens (tertiary/aromatic N) is 1. The highest BCUT2D eigenvalue weighted by Crippen LogP contribution is 2.30. The highest BCUT2D eigenvalue weighted by atomic mass is 79.9. The van der Waals surface area contributed by atoms with Gasteiger partial charge in [0.2, 0.25) is 5.91 Å². The predicted octanol–water partition coefficient (Wildman–Crippen LogP) is 3.01. The number of hydrogen-bond donors (Lipinski definition) is 1. The van der Waals surface area contributed by atoms with Crippen molar-refractivity contribution >= 4 is 43.5 Å². The number of carbonyl (C=O) groups excluding carboxylic acids is 2. The second kappa shape index (κ2) is 6.97. The lowest BCUT2D eigenvalue weighted by molar-refractivity contribution is -0.116. The summed E-state index contributed by atoms with van der Waals surface area (Å²) in [7, 11) is -3.81. The maximum atomic E-state index is 12.4. The van der Waals surface area contributed by atoms with Crippen molar-refractivity contribution < 1.29 is 18.0 Å². The van der Waals surface area contributed by atoms with Gasteiger partial charge in [0.25, 0.3) is 15.9 Å². The molecule has 8 heteroatoms. The minimum atomic E-state index is -3.81. The van der Waals surface area contributed by atoms with E-state index >= 15 is 0 Å². The summed E-state index contributed by atoms with van der Waals surface area (Å²) >= 11 is 3.31. The summed E-state index contributed by atoms with van der Waals surface area (Å²) in [6.45, 7) is -0.0242. The van der Waals surface area contributed by atoms with E-state index in [1.54, 1.807) is 24.3 Å². The number of hydrogen-bond acceptors (Lipinski definition) is 4. The number of nitrogens with one attached hydrogen (secondary N) is 1. The standard InChI is InChI=1S/C17H15BrN2O4S/c18-12-7-9-13(10-8-12)19-16(21)6-3-11-20-17(22)14-4-1-2-5-15(14)25(20,23)24/h1-2,4-5,7-10H,3,6,11H2,(H,19,21). The Bertz CT molecular complexity index is 926. The van der Waals surface area contributed by atoms with Crippen LogP contribution in [0.1, 0.15) is 23.2 Å². The van der Waals surface area contributed by atoms with Gasteiger partial charge in [-0.15, -0.1) is 0 Å². The van der Waals surface area contributed by atoms with Gasteiger partial charge >= 0.3 is 0 Å². The Morgan fingerprint density at radius 1 is 1.08 bits per heavy atom. The highest BCUT2D eigenvalue weighted by Gasteiger charge is 2.40. The molecule has 6 nitrogen and oxygen atoms in total. The molecular formula is C17H15BrN2O4S. The summed E-state index contributed by atoms with van der Waals surface area (Å²) < 4.78 is 26.5. The van der Waals surface area contributed by atoms with E-state index in [0.29, 0.717) is 5.69 Å². The van der Waals surface area contributed by atoms with Crippen LogP contribution in [0.4, 0.5) is 5.69 Å². The summed E-state index contributed by atoms with van der Waals surface area (Å²) in [5.74, 6) is -0.771. The highest BCUT2D eigenvalue weighted by molar-refractivity contribution is 9.10. The van der Waals surface area contributed by atoms with Crippen molar-refractivity contribution in [3.8, 4) is 0 Å². The number of benzene rings is 2. The summed E-state index contributed by atoms with van der Waals surface area (Å²) in [6.07, 6.45) is 0.368. The van der Waals surface area contributed by atoms with E-state index in [4.69, 9.17) is 0 Å². The predicted molar refractivity (Wildman–Crippen MR) is 96.7 cm³/mol. The fourth-order valence-electron chi connectivity index (χ4n) is 2.59. The van der Waals surface area contributed by atoms with Gasteiger partial charge in [-0.2, -0.15) is 0 Å². The van der Waals surface area contributed by atoms with Crippen molar-refractivity contribution in [2.24, 2.45) is 0 Å². The van der Waals surface area contributed by atoms with E-state index in [2.05, 4.69) is 21.2 Å². The molecule has 0 atom stereocenters. The average molecular weight is 423 g/mol. The van der Waals surface area contributed by atoms with E-state index < -0.39 is 15.9 Å². The van der Waals surface area contributed by atoms with E-state index in [1.165, 1.54) is 12.1 Å². The Hall–Kier alpha value is -2.19. The van der Waals surface area contributed by atoms with Crippen LogP contribution in [-0.4, -0.2) is 31.1 Å². The Morgan fingerprint density at radius 3 is 2.44 bits per heavy atom. The molecule has 3 rings (SSSR count). The van der Waals surface area contributed by atoms with Crippen LogP contribution in [0.5, 0.6) is 0 Å². The Morgan fingerprint density at radius 2 is 1.76 bits per heavy atom. The van der Waals surface area contributed by atoms with Gasteiger partial charge in [0.1, 0.15) is 4.90 Å². The zero-order chi connectivity index (χ0) is 18.0. The fourth-order valence-corrected chi connectivity index (χ4v) is 4.46. The molecule has 2 aromatic rings. The first-order valence-corrected chi connectivity index (χ1v) is 9.84. The van der Waals surface area contributed by atoms with Crippen molar-refractivity contribution in [1.82, 2.24) is 4.31 Å². The van der Waals surface area contributed by atoms with E-state index in [0.717, 1.165) is 8.78 Å². The summed E-state index contributed by atoms with van der Waals surface area (Å²) in [6, 6.07) is 13.3. The summed E-state index contributed by atoms with van der Waals surface area (Å²) in [5, 5.41) is 2.73. The summed E-state index contributed by atoms with van der Waals surface area (Å²) in [4.78, 5) is 24.2. The molecule has 0 spiro atoms. The van der Waals surface area contributed by atoms with Crippen LogP contribution in [0, 0.1) is 0 Å². The molecule has 130 valence electrons. The first kappa shape index (κ1) is 17.6. The molecule has 0 saturated heterocycles. The quantitative estimate of drug-likeness (QED) is 0.802. The number of anilines is 1. The fraction of sp³-hybridized carbons (Fsp3) is 0.176. The molecule has 0 saturated carbocycles. The minimum absolute atomic E-state index is 0.0242. The van der Waals surface area contributed by atoms with Gasteiger partial charge in [-0.25, -0.2) is 12.7 Å². The molecule has 0 unspecified atom stereocenters. The van der Waals surface area contributed by atoms with Crippen molar-refractivity contribution in [2.45, 2.75) is 17.7 Å². The number of carbonyl (C=O) groups is 2. The lowest BCUT2D eigenvalue weighted by Crippen LogP contribution is -2.31. The number of rotatable bonds is 5. The molecule has 0 aliphatic carbocycles. The molecule has 1 aliphatic heterocycles. The van der Waals surface area contributed by atoms with Crippen LogP contribution >= 0.6 is 15.9 Å². The minimum Gasteiger partial charge on any atom is -0.326 e. The Labute approximate surface area is 154 Å². The van der Waals surface area contributed by atoms with Gasteiger partial charge in [-0.3, -0.25) is 9.59 Å². The topological polar surface area (TPSA) is 83.6 Å². The second-order valence-corrected chi connectivity index (χ2v) is 8.28. The Balaban J connectivity index is 1.58. The van der Waals surface area contributed by atoms with Crippen molar-refractivity contribution in [3.05, 3.63) is 58.6 Å². The average Bonchev–Trinajstić information content (AvgIpc) is 2.78. The molecule has 0 radical (unpaired) electrons. The number of halogens is 1. The SMILES string of the molecule is O=C(CCCN1C(=O)c2ccccc2S1(=O)=O)Nc1ccc(Br)cc1. The molecule has 25 heavy (non-hydrogen) atoms. The molecule has 0 fully saturated rings. The zero-order valence-electron chi connectivity index (χ0n) is 13.1. The van der Waals surface area contributed by atoms with Crippen molar-refractivity contribution in [2.75, 3.05) is 11.9 Å². The monoisotopic (exact) mass is 422 g/mol. The molecule has 0 bridgehead atoms. The second-order valence-electron chi connectivity index (χ2n) is 5.54. The number of sulfonamides is 1. The Kier molecular flexibility index (Phi) is 4.91. The van der Waals surface area contributed by atoms with E-state index in [9.17, 15) is 18.0 Å². The van der Waals surface area contributed by atoms with E-state index in [1.807, 2.05) is 12.1 Å². The van der Waals surface area contributed by atoms with Crippen molar-refractivity contribution in [1.29, 1.82) is 0 Å². The van der Waals surface area contributed by atoms with Gasteiger partial charge in [-0.05, 0) is 42.8 Å². The van der Waals surface area contributed by atoms with Crippen molar-refractivity contribution in [3.63, 3.8) is 0 Å². The normalized spacial score (nSPS) is 15.1. The first-order valence-electron chi connectivity index (χ1n) is 7.61. The molecule has 1 N–H and O–H groups in total. The smallest absolute Gasteiger partial charge is 0.269 e. The van der Waals surface area contributed by atoms with Gasteiger partial charge in [0.15, 0.2) is 0 Å². The lowest BCUT2D eigenvalue weighted by atomic mass is 10.2. The van der Waals surface area contributed by atoms with Crippen LogP contribution in [-0.2, 0) is 14.8 Å². The molecule has 2 aromatic carbocycles. The van der Waals surface area contributed by atoms with Gasteiger partial charge in [0, 0.05) is 23.1 Å². The maximum Gasteiger partial charge on any atom is 0.269 e. The molecule has 2 amide bonds. The zero-order valence-corrected chi connectivity index (χ0v) is 15.5. The van der Waals surface area contributed by atoms with E-state index in [-0.39, 0.29) is 35.8 Å². The number of fused-ring (bicyclic) bond motifs is 1. The third kappa shape index (κ3) is 3.59. The molecule has 1 aliphatic rings.